The molecule has 15 heteroatoms. The highest BCUT2D eigenvalue weighted by Crippen LogP contribution is 2.33. The highest BCUT2D eigenvalue weighted by atomic mass is 35.5. The number of rotatable bonds is 15. The highest BCUT2D eigenvalue weighted by molar-refractivity contribution is 7.87. The van der Waals surface area contributed by atoms with Crippen LogP contribution >= 0.6 is 11.6 Å². The Hall–Kier alpha value is -2.65. The van der Waals surface area contributed by atoms with Crippen LogP contribution in [0.4, 0.5) is 18.0 Å². The lowest BCUT2D eigenvalue weighted by atomic mass is 10.1. The van der Waals surface area contributed by atoms with E-state index in [1.165, 1.54) is 14.2 Å². The first kappa shape index (κ1) is 32.6. The normalized spacial score (nSPS) is 13.7. The fraction of sp³-hybridized carbons (Fsp3) is 0.500. The fourth-order valence-corrected chi connectivity index (χ4v) is 4.89. The molecule has 1 heterocycles. The second-order valence-electron chi connectivity index (χ2n) is 8.44. The molecule has 2 rings (SSSR count). The molecule has 0 saturated carbocycles. The minimum Gasteiger partial charge on any atom is -0.472 e. The molecule has 0 saturated heterocycles. The van der Waals surface area contributed by atoms with Gasteiger partial charge in [-0.2, -0.15) is 30.2 Å². The van der Waals surface area contributed by atoms with Gasteiger partial charge in [0.25, 0.3) is 0 Å². The van der Waals surface area contributed by atoms with Gasteiger partial charge in [0.2, 0.25) is 5.88 Å². The van der Waals surface area contributed by atoms with Crippen LogP contribution in [0.25, 0.3) is 0 Å². The Morgan fingerprint density at radius 2 is 1.85 bits per heavy atom. The SMILES string of the molecule is CCC(CC(CN(C)S(=O)(=O)N(Cc1ccccc1)C(=O)O)Oc1ncc(C(F)(F)F)cc1Cl)OCCOC. The number of halogens is 4. The summed E-state index contributed by atoms with van der Waals surface area (Å²) in [5.74, 6) is -0.341. The van der Waals surface area contributed by atoms with Crippen LogP contribution < -0.4 is 4.74 Å². The predicted octanol–water partition coefficient (Wildman–Crippen LogP) is 4.69. The number of methoxy groups -OCH3 is 1. The lowest BCUT2D eigenvalue weighted by Crippen LogP contribution is -2.47. The molecule has 0 spiro atoms. The number of carbonyl (C=O) groups is 1. The van der Waals surface area contributed by atoms with Gasteiger partial charge < -0.3 is 19.3 Å². The van der Waals surface area contributed by atoms with E-state index in [1.54, 1.807) is 30.3 Å². The number of benzene rings is 1. The maximum absolute atomic E-state index is 13.3. The molecule has 0 bridgehead atoms. The monoisotopic (exact) mass is 597 g/mol. The molecule has 2 aromatic rings. The number of pyridine rings is 1. The molecule has 1 amide bonds. The van der Waals surface area contributed by atoms with Crippen LogP contribution in [0.5, 0.6) is 5.88 Å². The highest BCUT2D eigenvalue weighted by Gasteiger charge is 2.35. The number of nitrogens with zero attached hydrogens (tertiary/aromatic N) is 3. The number of hydrogen-bond acceptors (Lipinski definition) is 7. The summed E-state index contributed by atoms with van der Waals surface area (Å²) in [6.45, 7) is 1.54. The van der Waals surface area contributed by atoms with Crippen molar-refractivity contribution in [1.29, 1.82) is 0 Å². The third kappa shape index (κ3) is 9.80. The second-order valence-corrected chi connectivity index (χ2v) is 10.8. The Labute approximate surface area is 230 Å². The molecule has 2 atom stereocenters. The first-order valence-electron chi connectivity index (χ1n) is 11.8. The number of amides is 1. The van der Waals surface area contributed by atoms with E-state index in [2.05, 4.69) is 4.98 Å². The molecule has 10 nitrogen and oxygen atoms in total. The molecular weight excluding hydrogens is 567 g/mol. The zero-order valence-corrected chi connectivity index (χ0v) is 23.2. The average molecular weight is 598 g/mol. The lowest BCUT2D eigenvalue weighted by Gasteiger charge is -2.30. The van der Waals surface area contributed by atoms with E-state index >= 15 is 0 Å². The largest absolute Gasteiger partial charge is 0.472 e. The van der Waals surface area contributed by atoms with Crippen molar-refractivity contribution in [1.82, 2.24) is 13.6 Å². The van der Waals surface area contributed by atoms with E-state index in [1.807, 2.05) is 6.92 Å². The van der Waals surface area contributed by atoms with Crippen molar-refractivity contribution in [3.05, 3.63) is 58.7 Å². The summed E-state index contributed by atoms with van der Waals surface area (Å²) in [7, 11) is -1.90. The van der Waals surface area contributed by atoms with Crippen molar-refractivity contribution < 1.29 is 45.7 Å². The first-order chi connectivity index (χ1) is 18.3. The number of aromatic nitrogens is 1. The third-order valence-electron chi connectivity index (χ3n) is 5.55. The summed E-state index contributed by atoms with van der Waals surface area (Å²) in [6, 6.07) is 8.81. The first-order valence-corrected chi connectivity index (χ1v) is 13.6. The number of ether oxygens (including phenoxy) is 3. The van der Waals surface area contributed by atoms with Crippen LogP contribution in [0.2, 0.25) is 5.02 Å². The molecular formula is C24H31ClF3N3O7S. The topological polar surface area (TPSA) is 119 Å². The summed E-state index contributed by atoms with van der Waals surface area (Å²) >= 11 is 6.01. The van der Waals surface area contributed by atoms with E-state index < -0.39 is 51.8 Å². The van der Waals surface area contributed by atoms with E-state index in [0.717, 1.165) is 4.31 Å². The minimum atomic E-state index is -4.68. The lowest BCUT2D eigenvalue weighted by molar-refractivity contribution is -0.137. The van der Waals surface area contributed by atoms with Gasteiger partial charge in [-0.05, 0) is 18.1 Å². The Balaban J connectivity index is 2.32. The van der Waals surface area contributed by atoms with Gasteiger partial charge >= 0.3 is 22.5 Å². The van der Waals surface area contributed by atoms with Crippen LogP contribution in [0.3, 0.4) is 0 Å². The van der Waals surface area contributed by atoms with Crippen molar-refractivity contribution in [2.45, 2.75) is 44.7 Å². The number of hydrogen-bond donors (Lipinski definition) is 1. The van der Waals surface area contributed by atoms with Gasteiger partial charge in [0, 0.05) is 26.8 Å². The van der Waals surface area contributed by atoms with Gasteiger partial charge in [-0.3, -0.25) is 0 Å². The van der Waals surface area contributed by atoms with Crippen molar-refractivity contribution in [3.63, 3.8) is 0 Å². The average Bonchev–Trinajstić information content (AvgIpc) is 2.87. The van der Waals surface area contributed by atoms with E-state index in [-0.39, 0.29) is 29.8 Å². The van der Waals surface area contributed by atoms with Crippen molar-refractivity contribution in [2.75, 3.05) is 33.9 Å². The summed E-state index contributed by atoms with van der Waals surface area (Å²) in [5.41, 5.74) is -0.633. The number of alkyl halides is 3. The molecule has 218 valence electrons. The van der Waals surface area contributed by atoms with Crippen LogP contribution in [0.15, 0.2) is 42.6 Å². The van der Waals surface area contributed by atoms with Gasteiger partial charge in [0.1, 0.15) is 11.1 Å². The summed E-state index contributed by atoms with van der Waals surface area (Å²) < 4.78 is 83.2. The Kier molecular flexibility index (Phi) is 12.2. The molecule has 0 fully saturated rings. The van der Waals surface area contributed by atoms with E-state index in [0.29, 0.717) is 30.9 Å². The molecule has 0 aliphatic heterocycles. The van der Waals surface area contributed by atoms with Gasteiger partial charge in [-0.15, -0.1) is 0 Å². The van der Waals surface area contributed by atoms with E-state index in [4.69, 9.17) is 25.8 Å². The molecule has 0 radical (unpaired) electrons. The van der Waals surface area contributed by atoms with Crippen LogP contribution in [-0.4, -0.2) is 79.3 Å². The summed E-state index contributed by atoms with van der Waals surface area (Å²) in [6.07, 6.45) is -6.71. The quantitative estimate of drug-likeness (QED) is 0.294. The fourth-order valence-electron chi connectivity index (χ4n) is 3.48. The summed E-state index contributed by atoms with van der Waals surface area (Å²) in [4.78, 5) is 15.6. The summed E-state index contributed by atoms with van der Waals surface area (Å²) in [5, 5.41) is 9.23. The zero-order chi connectivity index (χ0) is 29.2. The van der Waals surface area contributed by atoms with Crippen molar-refractivity contribution in [3.8, 4) is 5.88 Å². The van der Waals surface area contributed by atoms with Crippen LogP contribution in [0.1, 0.15) is 30.9 Å². The smallest absolute Gasteiger partial charge is 0.422 e. The molecule has 1 aromatic carbocycles. The van der Waals surface area contributed by atoms with Gasteiger partial charge in [0.05, 0.1) is 38.0 Å². The molecule has 0 aliphatic carbocycles. The molecule has 0 aliphatic rings. The number of likely N-dealkylation sites (N-methyl/N-ethyl adjacent to an activating group) is 1. The van der Waals surface area contributed by atoms with E-state index in [9.17, 15) is 31.5 Å². The van der Waals surface area contributed by atoms with Gasteiger partial charge in [-0.25, -0.2) is 9.78 Å². The molecule has 1 aromatic heterocycles. The molecule has 39 heavy (non-hydrogen) atoms. The maximum atomic E-state index is 13.3. The maximum Gasteiger partial charge on any atom is 0.422 e. The zero-order valence-electron chi connectivity index (χ0n) is 21.6. The number of carboxylic acid groups (broad SMARTS) is 1. The third-order valence-corrected chi connectivity index (χ3v) is 7.60. The predicted molar refractivity (Wildman–Crippen MR) is 137 cm³/mol. The van der Waals surface area contributed by atoms with Crippen molar-refractivity contribution in [2.24, 2.45) is 0 Å². The Morgan fingerprint density at radius 1 is 1.18 bits per heavy atom. The van der Waals surface area contributed by atoms with Gasteiger partial charge in [0.15, 0.2) is 0 Å². The second kappa shape index (κ2) is 14.7. The van der Waals surface area contributed by atoms with Crippen LogP contribution in [0, 0.1) is 0 Å². The van der Waals surface area contributed by atoms with Gasteiger partial charge in [-0.1, -0.05) is 48.9 Å². The minimum absolute atomic E-state index is 0.0882. The Morgan fingerprint density at radius 3 is 2.38 bits per heavy atom. The standard InChI is InChI=1S/C24H31ClF3N3O7S/c1-4-19(37-11-10-36-3)13-20(38-22-21(25)12-18(14-29-22)24(26,27)28)16-30(2)39(34,35)31(23(32)33)15-17-8-6-5-7-9-17/h5-9,12,14,19-20H,4,10-11,13,15-16H2,1-3H3,(H,32,33). The molecule has 2 unspecified atom stereocenters. The molecule has 1 N–H and O–H groups in total. The van der Waals surface area contributed by atoms with Crippen molar-refractivity contribution >= 4 is 27.9 Å². The van der Waals surface area contributed by atoms with Crippen LogP contribution in [-0.2, 0) is 32.4 Å². The Bertz CT molecular complexity index is 1170.